The van der Waals surface area contributed by atoms with Gasteiger partial charge in [-0.05, 0) is 48.5 Å². The van der Waals surface area contributed by atoms with Crippen molar-refractivity contribution in [1.29, 1.82) is 0 Å². The molecule has 0 radical (unpaired) electrons. The van der Waals surface area contributed by atoms with Crippen LogP contribution in [0.2, 0.25) is 5.02 Å². The number of aromatic nitrogens is 4. The topological polar surface area (TPSA) is 66.0 Å². The number of thioether (sulfide) groups is 1. The third-order valence-corrected chi connectivity index (χ3v) is 5.06. The Bertz CT molecular complexity index is 1030. The molecule has 2 heterocycles. The summed E-state index contributed by atoms with van der Waals surface area (Å²) in [6.07, 6.45) is 3.68. The lowest BCUT2D eigenvalue weighted by atomic mass is 10.2. The molecule has 0 unspecified atom stereocenters. The minimum absolute atomic E-state index is 0.522. The molecule has 4 aromatic rings. The van der Waals surface area contributed by atoms with Crippen LogP contribution in [0.25, 0.3) is 17.1 Å². The predicted molar refractivity (Wildman–Crippen MR) is 104 cm³/mol. The van der Waals surface area contributed by atoms with E-state index in [2.05, 4.69) is 15.1 Å². The maximum atomic E-state index is 5.91. The van der Waals surface area contributed by atoms with E-state index < -0.39 is 0 Å². The second kappa shape index (κ2) is 7.85. The van der Waals surface area contributed by atoms with Crippen LogP contribution in [-0.4, -0.2) is 26.8 Å². The average Bonchev–Trinajstić information content (AvgIpc) is 3.36. The highest BCUT2D eigenvalue weighted by Crippen LogP contribution is 2.26. The third-order valence-electron chi connectivity index (χ3n) is 3.85. The molecular formula is C19H15ClN4O2S. The van der Waals surface area contributed by atoms with Crippen molar-refractivity contribution in [2.75, 3.05) is 7.11 Å². The minimum atomic E-state index is 0.522. The zero-order valence-corrected chi connectivity index (χ0v) is 15.9. The van der Waals surface area contributed by atoms with Crippen molar-refractivity contribution in [1.82, 2.24) is 19.7 Å². The third kappa shape index (κ3) is 3.99. The molecule has 0 fully saturated rings. The van der Waals surface area contributed by atoms with Gasteiger partial charge in [0.2, 0.25) is 11.7 Å². The summed E-state index contributed by atoms with van der Waals surface area (Å²) in [6.45, 7) is 0. The van der Waals surface area contributed by atoms with E-state index in [4.69, 9.17) is 20.9 Å². The van der Waals surface area contributed by atoms with E-state index >= 15 is 0 Å². The average molecular weight is 399 g/mol. The molecule has 0 atom stereocenters. The van der Waals surface area contributed by atoms with Gasteiger partial charge in [-0.15, -0.1) is 0 Å². The van der Waals surface area contributed by atoms with E-state index in [1.165, 1.54) is 11.8 Å². The first kappa shape index (κ1) is 17.6. The highest BCUT2D eigenvalue weighted by atomic mass is 35.5. The van der Waals surface area contributed by atoms with E-state index in [9.17, 15) is 0 Å². The van der Waals surface area contributed by atoms with Gasteiger partial charge in [0.25, 0.3) is 0 Å². The lowest BCUT2D eigenvalue weighted by Gasteiger charge is -2.07. The van der Waals surface area contributed by atoms with Crippen LogP contribution in [0.3, 0.4) is 0 Å². The van der Waals surface area contributed by atoms with E-state index in [1.807, 2.05) is 47.2 Å². The Hall–Kier alpha value is -2.77. The van der Waals surface area contributed by atoms with Gasteiger partial charge in [0.1, 0.15) is 5.75 Å². The normalized spacial score (nSPS) is 10.9. The largest absolute Gasteiger partial charge is 0.497 e. The fourth-order valence-corrected chi connectivity index (χ4v) is 3.43. The molecular weight excluding hydrogens is 384 g/mol. The van der Waals surface area contributed by atoms with Crippen LogP contribution >= 0.6 is 23.4 Å². The van der Waals surface area contributed by atoms with Crippen LogP contribution in [0, 0.1) is 0 Å². The van der Waals surface area contributed by atoms with E-state index in [0.717, 1.165) is 22.2 Å². The highest BCUT2D eigenvalue weighted by Gasteiger charge is 2.12. The summed E-state index contributed by atoms with van der Waals surface area (Å²) >= 11 is 7.44. The van der Waals surface area contributed by atoms with Crippen LogP contribution in [0.4, 0.5) is 0 Å². The van der Waals surface area contributed by atoms with E-state index in [1.54, 1.807) is 25.4 Å². The number of methoxy groups -OCH3 is 1. The van der Waals surface area contributed by atoms with Gasteiger partial charge in [-0.1, -0.05) is 28.5 Å². The lowest BCUT2D eigenvalue weighted by molar-refractivity contribution is 0.391. The quantitative estimate of drug-likeness (QED) is 0.431. The van der Waals surface area contributed by atoms with Gasteiger partial charge in [0.05, 0.1) is 12.9 Å². The molecule has 8 heteroatoms. The van der Waals surface area contributed by atoms with Crippen LogP contribution in [-0.2, 0) is 5.75 Å². The summed E-state index contributed by atoms with van der Waals surface area (Å²) in [7, 11) is 1.65. The summed E-state index contributed by atoms with van der Waals surface area (Å²) in [4.78, 5) is 8.85. The molecule has 0 bridgehead atoms. The Kier molecular flexibility index (Phi) is 5.13. The highest BCUT2D eigenvalue weighted by molar-refractivity contribution is 7.98. The molecule has 0 aliphatic rings. The molecule has 2 aromatic heterocycles. The Morgan fingerprint density at radius 1 is 1.11 bits per heavy atom. The standard InChI is InChI=1S/C19H15ClN4O2S/c1-25-16-8-6-15(7-9-16)24-11-10-21-19(24)27-12-17-22-18(23-26-17)13-2-4-14(20)5-3-13/h2-11H,12H2,1H3. The maximum Gasteiger partial charge on any atom is 0.237 e. The van der Waals surface area contributed by atoms with Crippen LogP contribution in [0.5, 0.6) is 5.75 Å². The van der Waals surface area contributed by atoms with Crippen molar-refractivity contribution in [3.63, 3.8) is 0 Å². The van der Waals surface area contributed by atoms with Crippen molar-refractivity contribution >= 4 is 23.4 Å². The summed E-state index contributed by atoms with van der Waals surface area (Å²) in [6, 6.07) is 15.1. The van der Waals surface area contributed by atoms with Gasteiger partial charge in [0, 0.05) is 28.7 Å². The van der Waals surface area contributed by atoms with Gasteiger partial charge in [-0.2, -0.15) is 4.98 Å². The summed E-state index contributed by atoms with van der Waals surface area (Å²) in [5.74, 6) is 2.41. The fourth-order valence-electron chi connectivity index (χ4n) is 2.49. The first-order chi connectivity index (χ1) is 13.2. The molecule has 27 heavy (non-hydrogen) atoms. The van der Waals surface area contributed by atoms with Crippen molar-refractivity contribution in [2.45, 2.75) is 10.9 Å². The second-order valence-corrected chi connectivity index (χ2v) is 6.96. The number of ether oxygens (including phenoxy) is 1. The number of hydrogen-bond donors (Lipinski definition) is 0. The number of nitrogens with zero attached hydrogens (tertiary/aromatic N) is 4. The fraction of sp³-hybridized carbons (Fsp3) is 0.105. The second-order valence-electron chi connectivity index (χ2n) is 5.59. The van der Waals surface area contributed by atoms with Gasteiger partial charge in [-0.25, -0.2) is 4.98 Å². The predicted octanol–water partition coefficient (Wildman–Crippen LogP) is 4.88. The molecule has 6 nitrogen and oxygen atoms in total. The first-order valence-corrected chi connectivity index (χ1v) is 9.48. The number of hydrogen-bond acceptors (Lipinski definition) is 6. The van der Waals surface area contributed by atoms with Gasteiger partial charge < -0.3 is 9.26 Å². The molecule has 136 valence electrons. The zero-order valence-electron chi connectivity index (χ0n) is 14.4. The smallest absolute Gasteiger partial charge is 0.237 e. The molecule has 0 amide bonds. The molecule has 0 saturated carbocycles. The molecule has 0 saturated heterocycles. The SMILES string of the molecule is COc1ccc(-n2ccnc2SCc2nc(-c3ccc(Cl)cc3)no2)cc1. The van der Waals surface area contributed by atoms with Crippen LogP contribution < -0.4 is 4.74 Å². The summed E-state index contributed by atoms with van der Waals surface area (Å²) < 4.78 is 12.6. The van der Waals surface area contributed by atoms with Crippen molar-refractivity contribution in [3.05, 3.63) is 71.8 Å². The Labute approximate surface area is 165 Å². The van der Waals surface area contributed by atoms with Crippen molar-refractivity contribution < 1.29 is 9.26 Å². The van der Waals surface area contributed by atoms with Gasteiger partial charge >= 0.3 is 0 Å². The van der Waals surface area contributed by atoms with Gasteiger partial charge in [-0.3, -0.25) is 4.57 Å². The Morgan fingerprint density at radius 3 is 2.63 bits per heavy atom. The minimum Gasteiger partial charge on any atom is -0.497 e. The summed E-state index contributed by atoms with van der Waals surface area (Å²) in [5, 5.41) is 5.54. The zero-order chi connectivity index (χ0) is 18.6. The van der Waals surface area contributed by atoms with E-state index in [0.29, 0.717) is 22.5 Å². The van der Waals surface area contributed by atoms with Gasteiger partial charge in [0.15, 0.2) is 5.16 Å². The first-order valence-electron chi connectivity index (χ1n) is 8.12. The molecule has 0 aliphatic heterocycles. The van der Waals surface area contributed by atoms with E-state index in [-0.39, 0.29) is 0 Å². The van der Waals surface area contributed by atoms with Crippen LogP contribution in [0.15, 0.2) is 70.6 Å². The lowest BCUT2D eigenvalue weighted by Crippen LogP contribution is -1.95. The Balaban J connectivity index is 1.47. The number of benzene rings is 2. The molecule has 0 aliphatic carbocycles. The van der Waals surface area contributed by atoms with Crippen LogP contribution in [0.1, 0.15) is 5.89 Å². The van der Waals surface area contributed by atoms with Crippen molar-refractivity contribution in [2.24, 2.45) is 0 Å². The number of halogens is 1. The number of imidazole rings is 1. The molecule has 2 aromatic carbocycles. The maximum absolute atomic E-state index is 5.91. The monoisotopic (exact) mass is 398 g/mol. The Morgan fingerprint density at radius 2 is 1.89 bits per heavy atom. The number of rotatable bonds is 6. The molecule has 0 N–H and O–H groups in total. The summed E-state index contributed by atoms with van der Waals surface area (Å²) in [5.41, 5.74) is 1.86. The van der Waals surface area contributed by atoms with Crippen molar-refractivity contribution in [3.8, 4) is 22.8 Å². The molecule has 0 spiro atoms. The molecule has 4 rings (SSSR count).